The molecular weight excluding hydrogens is 419 g/mol. The minimum atomic E-state index is -0.549. The van der Waals surface area contributed by atoms with Crippen molar-refractivity contribution in [2.24, 2.45) is 5.92 Å². The first-order valence-corrected chi connectivity index (χ1v) is 10.5. The molecule has 1 heterocycles. The van der Waals surface area contributed by atoms with Gasteiger partial charge in [-0.05, 0) is 49.2 Å². The summed E-state index contributed by atoms with van der Waals surface area (Å²) in [6.07, 6.45) is 1.97. The first-order chi connectivity index (χ1) is 13.4. The number of hydrogen-bond donors (Lipinski definition) is 1. The Morgan fingerprint density at radius 1 is 1.04 bits per heavy atom. The van der Waals surface area contributed by atoms with Gasteiger partial charge >= 0.3 is 0 Å². The molecule has 1 saturated carbocycles. The van der Waals surface area contributed by atoms with Gasteiger partial charge in [-0.2, -0.15) is 0 Å². The largest absolute Gasteiger partial charge is 0.326 e. The lowest BCUT2D eigenvalue weighted by molar-refractivity contribution is -0.121. The van der Waals surface area contributed by atoms with E-state index in [4.69, 9.17) is 23.2 Å². The number of halogens is 2. The normalized spacial score (nSPS) is 19.2. The van der Waals surface area contributed by atoms with E-state index in [-0.39, 0.29) is 45.8 Å². The van der Waals surface area contributed by atoms with Crippen molar-refractivity contribution in [1.29, 1.82) is 0 Å². The van der Waals surface area contributed by atoms with Crippen LogP contribution in [0.25, 0.3) is 0 Å². The molecule has 0 bridgehead atoms. The van der Waals surface area contributed by atoms with Crippen LogP contribution < -0.4 is 10.2 Å². The quantitative estimate of drug-likeness (QED) is 0.688. The minimum absolute atomic E-state index is 0.0456. The monoisotopic (exact) mass is 434 g/mol. The van der Waals surface area contributed by atoms with Gasteiger partial charge in [0.15, 0.2) is 0 Å². The Morgan fingerprint density at radius 3 is 2.29 bits per heavy atom. The van der Waals surface area contributed by atoms with Crippen molar-refractivity contribution < 1.29 is 14.4 Å². The molecule has 5 nitrogen and oxygen atoms in total. The molecule has 8 heteroatoms. The standard InChI is InChI=1S/C20H16Cl2N2O3S/c21-14-2-1-3-15(22)18(14)24-17(25)10-16(20(24)27)28-13-8-6-12(7-9-13)23-19(26)11-4-5-11/h1-3,6-9,11,16H,4-5,10H2,(H,23,26). The van der Waals surface area contributed by atoms with Gasteiger partial charge in [0.25, 0.3) is 0 Å². The third kappa shape index (κ3) is 3.90. The highest BCUT2D eigenvalue weighted by Crippen LogP contribution is 2.40. The zero-order valence-electron chi connectivity index (χ0n) is 14.7. The maximum absolute atomic E-state index is 12.8. The molecular formula is C20H16Cl2N2O3S. The number of thioether (sulfide) groups is 1. The van der Waals surface area contributed by atoms with Crippen molar-refractivity contribution in [1.82, 2.24) is 0 Å². The molecule has 144 valence electrons. The summed E-state index contributed by atoms with van der Waals surface area (Å²) in [4.78, 5) is 39.0. The Labute approximate surface area is 176 Å². The fourth-order valence-corrected chi connectivity index (χ4v) is 4.63. The van der Waals surface area contributed by atoms with Gasteiger partial charge in [0, 0.05) is 22.9 Å². The molecule has 1 N–H and O–H groups in total. The summed E-state index contributed by atoms with van der Waals surface area (Å²) in [6.45, 7) is 0. The van der Waals surface area contributed by atoms with Crippen LogP contribution in [0.2, 0.25) is 10.0 Å². The van der Waals surface area contributed by atoms with Crippen molar-refractivity contribution in [3.63, 3.8) is 0 Å². The average Bonchev–Trinajstić information content (AvgIpc) is 3.47. The highest BCUT2D eigenvalue weighted by atomic mass is 35.5. The lowest BCUT2D eigenvalue weighted by Gasteiger charge is -2.17. The fraction of sp³-hybridized carbons (Fsp3) is 0.250. The number of hydrogen-bond acceptors (Lipinski definition) is 4. The summed E-state index contributed by atoms with van der Waals surface area (Å²) in [5.74, 6) is -0.482. The molecule has 2 aromatic carbocycles. The molecule has 2 aromatic rings. The molecule has 0 spiro atoms. The number of amides is 3. The maximum atomic E-state index is 12.8. The van der Waals surface area contributed by atoms with Gasteiger partial charge in [-0.15, -0.1) is 11.8 Å². The van der Waals surface area contributed by atoms with E-state index in [2.05, 4.69) is 5.32 Å². The Morgan fingerprint density at radius 2 is 1.68 bits per heavy atom. The number of benzene rings is 2. The Bertz CT molecular complexity index is 940. The molecule has 28 heavy (non-hydrogen) atoms. The molecule has 0 radical (unpaired) electrons. The predicted molar refractivity (Wildman–Crippen MR) is 111 cm³/mol. The highest BCUT2D eigenvalue weighted by molar-refractivity contribution is 8.00. The zero-order chi connectivity index (χ0) is 19.8. The van der Waals surface area contributed by atoms with E-state index in [0.717, 1.165) is 28.3 Å². The lowest BCUT2D eigenvalue weighted by Crippen LogP contribution is -2.31. The molecule has 3 amide bonds. The Hall–Kier alpha value is -2.02. The molecule has 0 aromatic heterocycles. The van der Waals surface area contributed by atoms with Gasteiger partial charge in [0.1, 0.15) is 0 Å². The van der Waals surface area contributed by atoms with Crippen LogP contribution in [0.4, 0.5) is 11.4 Å². The number of nitrogens with one attached hydrogen (secondary N) is 1. The number of nitrogens with zero attached hydrogens (tertiary/aromatic N) is 1. The van der Waals surface area contributed by atoms with Crippen molar-refractivity contribution in [2.45, 2.75) is 29.4 Å². The van der Waals surface area contributed by atoms with Gasteiger partial charge in [0.2, 0.25) is 17.7 Å². The van der Waals surface area contributed by atoms with Crippen molar-refractivity contribution >= 4 is 64.1 Å². The number of carbonyl (C=O) groups excluding carboxylic acids is 3. The van der Waals surface area contributed by atoms with E-state index >= 15 is 0 Å². The second-order valence-electron chi connectivity index (χ2n) is 6.74. The van der Waals surface area contributed by atoms with E-state index in [1.165, 1.54) is 11.8 Å². The summed E-state index contributed by atoms with van der Waals surface area (Å²) in [5.41, 5.74) is 0.960. The molecule has 2 aliphatic rings. The van der Waals surface area contributed by atoms with Crippen LogP contribution in [0.5, 0.6) is 0 Å². The van der Waals surface area contributed by atoms with Gasteiger partial charge in [-0.1, -0.05) is 29.3 Å². The number of para-hydroxylation sites is 1. The van der Waals surface area contributed by atoms with E-state index < -0.39 is 5.25 Å². The smallest absolute Gasteiger partial charge is 0.247 e. The third-order valence-corrected chi connectivity index (χ3v) is 6.42. The number of imide groups is 1. The topological polar surface area (TPSA) is 66.5 Å². The molecule has 1 unspecified atom stereocenters. The summed E-state index contributed by atoms with van der Waals surface area (Å²) in [6, 6.07) is 12.1. The van der Waals surface area contributed by atoms with E-state index in [9.17, 15) is 14.4 Å². The summed E-state index contributed by atoms with van der Waals surface area (Å²) in [7, 11) is 0. The van der Waals surface area contributed by atoms with Crippen LogP contribution in [0.3, 0.4) is 0 Å². The van der Waals surface area contributed by atoms with E-state index in [0.29, 0.717) is 0 Å². The number of anilines is 2. The molecule has 1 saturated heterocycles. The van der Waals surface area contributed by atoms with Crippen LogP contribution in [0.15, 0.2) is 47.4 Å². The van der Waals surface area contributed by atoms with Crippen molar-refractivity contribution in [3.8, 4) is 0 Å². The maximum Gasteiger partial charge on any atom is 0.247 e. The van der Waals surface area contributed by atoms with Crippen LogP contribution in [0.1, 0.15) is 19.3 Å². The SMILES string of the molecule is O=C(Nc1ccc(SC2CC(=O)N(c3c(Cl)cccc3Cl)C2=O)cc1)C1CC1. The predicted octanol–water partition coefficient (Wildman–Crippen LogP) is 4.77. The highest BCUT2D eigenvalue weighted by Gasteiger charge is 2.41. The third-order valence-electron chi connectivity index (χ3n) is 4.61. The fourth-order valence-electron chi connectivity index (χ4n) is 3.00. The summed E-state index contributed by atoms with van der Waals surface area (Å²) >= 11 is 13.6. The van der Waals surface area contributed by atoms with Crippen LogP contribution in [-0.4, -0.2) is 23.0 Å². The minimum Gasteiger partial charge on any atom is -0.326 e. The first-order valence-electron chi connectivity index (χ1n) is 8.82. The summed E-state index contributed by atoms with van der Waals surface area (Å²) < 4.78 is 0. The lowest BCUT2D eigenvalue weighted by atomic mass is 10.3. The van der Waals surface area contributed by atoms with Gasteiger partial charge in [-0.25, -0.2) is 4.90 Å². The average molecular weight is 435 g/mol. The van der Waals surface area contributed by atoms with Crippen LogP contribution >= 0.6 is 35.0 Å². The molecule has 1 aliphatic heterocycles. The molecule has 2 fully saturated rings. The molecule has 1 aliphatic carbocycles. The second kappa shape index (κ2) is 7.78. The van der Waals surface area contributed by atoms with Crippen molar-refractivity contribution in [3.05, 3.63) is 52.5 Å². The van der Waals surface area contributed by atoms with E-state index in [1.54, 1.807) is 30.3 Å². The Balaban J connectivity index is 1.46. The number of rotatable bonds is 5. The van der Waals surface area contributed by atoms with Crippen molar-refractivity contribution in [2.75, 3.05) is 10.2 Å². The van der Waals surface area contributed by atoms with Gasteiger partial charge in [-0.3, -0.25) is 14.4 Å². The number of carbonyl (C=O) groups is 3. The van der Waals surface area contributed by atoms with Gasteiger partial charge in [0.05, 0.1) is 21.0 Å². The van der Waals surface area contributed by atoms with Gasteiger partial charge < -0.3 is 5.32 Å². The first kappa shape index (κ1) is 19.3. The zero-order valence-corrected chi connectivity index (χ0v) is 17.0. The second-order valence-corrected chi connectivity index (χ2v) is 8.83. The van der Waals surface area contributed by atoms with Crippen LogP contribution in [0, 0.1) is 5.92 Å². The Kier molecular flexibility index (Phi) is 5.36. The molecule has 4 rings (SSSR count). The molecule has 1 atom stereocenters. The van der Waals surface area contributed by atoms with E-state index in [1.807, 2.05) is 12.1 Å². The summed E-state index contributed by atoms with van der Waals surface area (Å²) in [5, 5.41) is 2.85. The van der Waals surface area contributed by atoms with Crippen LogP contribution in [-0.2, 0) is 14.4 Å².